The van der Waals surface area contributed by atoms with E-state index in [1.165, 1.54) is 0 Å². The number of nitrogens with zero attached hydrogens (tertiary/aromatic N) is 2. The number of nitrogens with two attached hydrogens (primary N) is 1. The average Bonchev–Trinajstić information content (AvgIpc) is 2.52. The van der Waals surface area contributed by atoms with Crippen molar-refractivity contribution in [3.8, 4) is 0 Å². The molecule has 0 aromatic carbocycles. The molecule has 2 rings (SSSR count). The molecule has 1 aromatic rings. The fourth-order valence-electron chi connectivity index (χ4n) is 2.62. The summed E-state index contributed by atoms with van der Waals surface area (Å²) in [6.45, 7) is 2.82. The van der Waals surface area contributed by atoms with Crippen LogP contribution in [0.1, 0.15) is 44.3 Å². The lowest BCUT2D eigenvalue weighted by Gasteiger charge is -2.33. The van der Waals surface area contributed by atoms with E-state index in [1.54, 1.807) is 6.20 Å². The van der Waals surface area contributed by atoms with E-state index in [-0.39, 0.29) is 18.0 Å². The predicted molar refractivity (Wildman–Crippen MR) is 78.5 cm³/mol. The van der Waals surface area contributed by atoms with Gasteiger partial charge in [0.05, 0.1) is 11.7 Å². The van der Waals surface area contributed by atoms with Crippen molar-refractivity contribution in [2.24, 2.45) is 5.73 Å². The highest BCUT2D eigenvalue weighted by molar-refractivity contribution is 9.10. The summed E-state index contributed by atoms with van der Waals surface area (Å²) in [5.74, 6) is 0.199. The molecule has 19 heavy (non-hydrogen) atoms. The Hall–Kier alpha value is -0.940. The Labute approximate surface area is 122 Å². The van der Waals surface area contributed by atoms with Crippen molar-refractivity contribution in [3.63, 3.8) is 0 Å². The quantitative estimate of drug-likeness (QED) is 0.929. The Kier molecular flexibility index (Phi) is 4.93. The Morgan fingerprint density at radius 1 is 1.53 bits per heavy atom. The maximum Gasteiger partial charge on any atom is 0.223 e. The lowest BCUT2D eigenvalue weighted by atomic mass is 10.0. The zero-order valence-electron chi connectivity index (χ0n) is 11.2. The zero-order valence-corrected chi connectivity index (χ0v) is 12.8. The van der Waals surface area contributed by atoms with Crippen molar-refractivity contribution >= 4 is 21.8 Å². The first kappa shape index (κ1) is 14.5. The normalized spacial score (nSPS) is 24.4. The molecule has 2 unspecified atom stereocenters. The van der Waals surface area contributed by atoms with Gasteiger partial charge in [-0.1, -0.05) is 6.92 Å². The lowest BCUT2D eigenvalue weighted by Crippen LogP contribution is -2.42. The van der Waals surface area contributed by atoms with Gasteiger partial charge in [0, 0.05) is 29.7 Å². The molecule has 0 bridgehead atoms. The van der Waals surface area contributed by atoms with Crippen LogP contribution < -0.4 is 5.73 Å². The van der Waals surface area contributed by atoms with Crippen LogP contribution in [0.3, 0.4) is 0 Å². The van der Waals surface area contributed by atoms with Gasteiger partial charge in [-0.3, -0.25) is 9.78 Å². The van der Waals surface area contributed by atoms with E-state index in [0.717, 1.165) is 36.0 Å². The van der Waals surface area contributed by atoms with Crippen LogP contribution in [-0.2, 0) is 4.79 Å². The summed E-state index contributed by atoms with van der Waals surface area (Å²) in [5.41, 5.74) is 7.17. The maximum atomic E-state index is 12.2. The number of carbonyl (C=O) groups excluding carboxylic acids is 1. The number of likely N-dealkylation sites (tertiary alicyclic amines) is 1. The summed E-state index contributed by atoms with van der Waals surface area (Å²) in [7, 11) is 0. The molecule has 2 N–H and O–H groups in total. The molecule has 1 aliphatic heterocycles. The van der Waals surface area contributed by atoms with Crippen molar-refractivity contribution in [1.29, 1.82) is 0 Å². The molecular weight excluding hydrogens is 306 g/mol. The Bertz CT molecular complexity index is 435. The van der Waals surface area contributed by atoms with Gasteiger partial charge in [0.25, 0.3) is 0 Å². The molecule has 0 radical (unpaired) electrons. The largest absolute Gasteiger partial charge is 0.333 e. The highest BCUT2D eigenvalue weighted by atomic mass is 79.9. The molecule has 0 aliphatic carbocycles. The van der Waals surface area contributed by atoms with Crippen LogP contribution in [0.15, 0.2) is 22.8 Å². The Balaban J connectivity index is 2.34. The molecule has 1 amide bonds. The van der Waals surface area contributed by atoms with Gasteiger partial charge in [-0.2, -0.15) is 0 Å². The molecule has 0 spiro atoms. The first-order valence-electron chi connectivity index (χ1n) is 6.80. The van der Waals surface area contributed by atoms with E-state index in [1.807, 2.05) is 17.0 Å². The molecule has 0 saturated carbocycles. The summed E-state index contributed by atoms with van der Waals surface area (Å²) in [4.78, 5) is 18.6. The molecule has 1 saturated heterocycles. The SMILES string of the molecule is CCCN1C(=O)CCCC(N)C1c1ccc(Br)cn1. The fourth-order valence-corrected chi connectivity index (χ4v) is 2.86. The van der Waals surface area contributed by atoms with Crippen molar-refractivity contribution in [2.75, 3.05) is 6.54 Å². The van der Waals surface area contributed by atoms with Gasteiger partial charge in [-0.15, -0.1) is 0 Å². The van der Waals surface area contributed by atoms with Crippen LogP contribution in [0.25, 0.3) is 0 Å². The van der Waals surface area contributed by atoms with Crippen molar-refractivity contribution in [3.05, 3.63) is 28.5 Å². The molecule has 1 aliphatic rings. The van der Waals surface area contributed by atoms with Crippen LogP contribution in [0.5, 0.6) is 0 Å². The van der Waals surface area contributed by atoms with Crippen LogP contribution in [0.4, 0.5) is 0 Å². The van der Waals surface area contributed by atoms with E-state index in [2.05, 4.69) is 27.8 Å². The summed E-state index contributed by atoms with van der Waals surface area (Å²) in [6.07, 6.45) is 5.04. The molecule has 2 heterocycles. The minimum absolute atomic E-state index is 0.0355. The number of aromatic nitrogens is 1. The van der Waals surface area contributed by atoms with Crippen LogP contribution in [0, 0.1) is 0 Å². The van der Waals surface area contributed by atoms with Gasteiger partial charge < -0.3 is 10.6 Å². The molecule has 1 aromatic heterocycles. The Morgan fingerprint density at radius 2 is 2.32 bits per heavy atom. The van der Waals surface area contributed by atoms with E-state index < -0.39 is 0 Å². The molecule has 2 atom stereocenters. The number of carbonyl (C=O) groups is 1. The van der Waals surface area contributed by atoms with Gasteiger partial charge in [0.1, 0.15) is 0 Å². The van der Waals surface area contributed by atoms with Crippen molar-refractivity contribution in [1.82, 2.24) is 9.88 Å². The summed E-state index contributed by atoms with van der Waals surface area (Å²) < 4.78 is 0.937. The van der Waals surface area contributed by atoms with Crippen LogP contribution >= 0.6 is 15.9 Å². The van der Waals surface area contributed by atoms with Gasteiger partial charge in [0.2, 0.25) is 5.91 Å². The van der Waals surface area contributed by atoms with Crippen LogP contribution in [0.2, 0.25) is 0 Å². The molecule has 1 fully saturated rings. The maximum absolute atomic E-state index is 12.2. The zero-order chi connectivity index (χ0) is 13.8. The predicted octanol–water partition coefficient (Wildman–Crippen LogP) is 2.64. The lowest BCUT2D eigenvalue weighted by molar-refractivity contribution is -0.133. The van der Waals surface area contributed by atoms with Crippen LogP contribution in [-0.4, -0.2) is 28.4 Å². The van der Waals surface area contributed by atoms with E-state index in [0.29, 0.717) is 6.42 Å². The molecule has 104 valence electrons. The third-order valence-electron chi connectivity index (χ3n) is 3.51. The summed E-state index contributed by atoms with van der Waals surface area (Å²) >= 11 is 3.38. The molecule has 4 nitrogen and oxygen atoms in total. The smallest absolute Gasteiger partial charge is 0.223 e. The number of pyridine rings is 1. The highest BCUT2D eigenvalue weighted by Gasteiger charge is 2.33. The van der Waals surface area contributed by atoms with E-state index in [9.17, 15) is 4.79 Å². The number of hydrogen-bond donors (Lipinski definition) is 1. The van der Waals surface area contributed by atoms with Gasteiger partial charge in [-0.05, 0) is 47.3 Å². The first-order chi connectivity index (χ1) is 9.13. The number of amides is 1. The van der Waals surface area contributed by atoms with Crippen molar-refractivity contribution < 1.29 is 4.79 Å². The monoisotopic (exact) mass is 325 g/mol. The first-order valence-corrected chi connectivity index (χ1v) is 7.59. The molecule has 5 heteroatoms. The van der Waals surface area contributed by atoms with Gasteiger partial charge >= 0.3 is 0 Å². The topological polar surface area (TPSA) is 59.2 Å². The minimum Gasteiger partial charge on any atom is -0.333 e. The second-order valence-corrected chi connectivity index (χ2v) is 5.91. The van der Waals surface area contributed by atoms with Gasteiger partial charge in [-0.25, -0.2) is 0 Å². The second kappa shape index (κ2) is 6.48. The number of rotatable bonds is 3. The Morgan fingerprint density at radius 3 is 2.95 bits per heavy atom. The number of halogens is 1. The van der Waals surface area contributed by atoms with E-state index >= 15 is 0 Å². The highest BCUT2D eigenvalue weighted by Crippen LogP contribution is 2.29. The fraction of sp³-hybridized carbons (Fsp3) is 0.571. The minimum atomic E-state index is -0.0944. The average molecular weight is 326 g/mol. The number of hydrogen-bond acceptors (Lipinski definition) is 3. The van der Waals surface area contributed by atoms with E-state index in [4.69, 9.17) is 5.73 Å². The van der Waals surface area contributed by atoms with Crippen molar-refractivity contribution in [2.45, 2.75) is 44.7 Å². The van der Waals surface area contributed by atoms with Gasteiger partial charge in [0.15, 0.2) is 0 Å². The summed E-state index contributed by atoms with van der Waals surface area (Å²) in [5, 5.41) is 0. The second-order valence-electron chi connectivity index (χ2n) is 4.99. The standard InChI is InChI=1S/C14H20BrN3O/c1-2-8-18-13(19)5-3-4-11(16)14(18)12-7-6-10(15)9-17-12/h6-7,9,11,14H,2-5,8,16H2,1H3. The summed E-state index contributed by atoms with van der Waals surface area (Å²) in [6, 6.07) is 3.78. The third kappa shape index (κ3) is 3.34. The third-order valence-corrected chi connectivity index (χ3v) is 3.98. The molecular formula is C14H20BrN3O.